The maximum Gasteiger partial charge on any atom is 0.345 e. The van der Waals surface area contributed by atoms with Crippen LogP contribution in [0.25, 0.3) is 0 Å². The fourth-order valence-corrected chi connectivity index (χ4v) is 0. The van der Waals surface area contributed by atoms with Crippen molar-refractivity contribution in [1.29, 1.82) is 5.26 Å². The first-order valence-corrected chi connectivity index (χ1v) is 0.846. The highest BCUT2D eigenvalue weighted by molar-refractivity contribution is 6.40. The molecule has 0 rings (SSSR count). The van der Waals surface area contributed by atoms with Gasteiger partial charge in [-0.2, -0.15) is 0 Å². The minimum Gasteiger partial charge on any atom is -0.361 e. The zero-order valence-corrected chi connectivity index (χ0v) is 2.10. The summed E-state index contributed by atoms with van der Waals surface area (Å²) in [6, 6.07) is 0. The molecule has 0 spiro atoms. The van der Waals surface area contributed by atoms with Gasteiger partial charge >= 0.3 is 7.41 Å². The van der Waals surface area contributed by atoms with E-state index in [9.17, 15) is 0 Å². The van der Waals surface area contributed by atoms with Crippen LogP contribution in [0.5, 0.6) is 0 Å². The van der Waals surface area contributed by atoms with Crippen LogP contribution >= 0.6 is 0 Å². The highest BCUT2D eigenvalue weighted by Crippen LogP contribution is 1.19. The van der Waals surface area contributed by atoms with Crippen molar-refractivity contribution < 1.29 is 0 Å². The van der Waals surface area contributed by atoms with Crippen LogP contribution in [0, 0.1) is 11.2 Å². The molecule has 0 aliphatic rings. The maximum atomic E-state index is 7.44. The molecule has 0 atom stereocenters. The predicted octanol–water partition coefficient (Wildman–Crippen LogP) is -0.955. The summed E-state index contributed by atoms with van der Waals surface area (Å²) >= 11 is 0. The lowest BCUT2D eigenvalue weighted by Gasteiger charge is -1.43. The van der Waals surface area contributed by atoms with Gasteiger partial charge in [-0.1, -0.05) is 0 Å². The van der Waals surface area contributed by atoms with Gasteiger partial charge in [-0.05, 0) is 0 Å². The first-order chi connectivity index (χ1) is 1.91. The topological polar surface area (TPSA) is 49.8 Å². The van der Waals surface area contributed by atoms with E-state index in [1.165, 1.54) is 0 Å². The molecule has 0 aromatic rings. The first kappa shape index (κ1) is 3.51. The average Bonchev–Trinajstić information content (AvgIpc) is 1.37. The van der Waals surface area contributed by atoms with E-state index in [0.717, 1.165) is 7.41 Å². The van der Waals surface area contributed by atoms with Gasteiger partial charge in [-0.3, -0.25) is 0 Å². The van der Waals surface area contributed by atoms with Crippen LogP contribution in [0.2, 0.25) is 0 Å². The largest absolute Gasteiger partial charge is 0.361 e. The molecule has 0 aromatic carbocycles. The molecule has 19 valence electrons. The average molecular weight is 52.9 g/mol. The Balaban J connectivity index is 2.43. The lowest BCUT2D eigenvalue weighted by molar-refractivity contribution is 1.56. The molecule has 0 fully saturated rings. The van der Waals surface area contributed by atoms with Gasteiger partial charge in [0, 0.05) is 5.97 Å². The van der Waals surface area contributed by atoms with Crippen molar-refractivity contribution in [1.82, 2.24) is 0 Å². The molecule has 0 aliphatic carbocycles. The molecule has 0 aliphatic heterocycles. The molecule has 1 radical (unpaired) electrons. The SMILES string of the molecule is N#C[B]N. The summed E-state index contributed by atoms with van der Waals surface area (Å²) < 4.78 is 0. The Hall–Kier alpha value is -0.485. The Labute approximate surface area is 25.5 Å². The number of rotatable bonds is 0. The van der Waals surface area contributed by atoms with E-state index in [4.69, 9.17) is 5.26 Å². The van der Waals surface area contributed by atoms with Gasteiger partial charge in [0.1, 0.15) is 0 Å². The Bertz CT molecular complexity index is 35.8. The van der Waals surface area contributed by atoms with Gasteiger partial charge in [0.15, 0.2) is 0 Å². The van der Waals surface area contributed by atoms with Gasteiger partial charge in [-0.15, -0.1) is 0 Å². The first-order valence-electron chi connectivity index (χ1n) is 0.846. The molecular weight excluding hydrogens is 50.8 g/mol. The van der Waals surface area contributed by atoms with Gasteiger partial charge < -0.3 is 5.64 Å². The van der Waals surface area contributed by atoms with E-state index in [1.807, 2.05) is 0 Å². The smallest absolute Gasteiger partial charge is 0.345 e. The number of hydrogen-bond donors (Lipinski definition) is 1. The van der Waals surface area contributed by atoms with Crippen molar-refractivity contribution in [3.05, 3.63) is 0 Å². The highest BCUT2D eigenvalue weighted by Gasteiger charge is 1.58. The van der Waals surface area contributed by atoms with Crippen molar-refractivity contribution in [2.45, 2.75) is 0 Å². The number of nitriles is 1. The zero-order valence-electron chi connectivity index (χ0n) is 2.10. The fraction of sp³-hybridized carbons (Fsp3) is 0. The quantitative estimate of drug-likeness (QED) is 0.361. The van der Waals surface area contributed by atoms with E-state index in [1.54, 1.807) is 5.97 Å². The minimum absolute atomic E-state index is 0.931. The molecular formula is CH2BN2. The normalized spacial score (nSPS) is 4.00. The molecule has 0 heterocycles. The summed E-state index contributed by atoms with van der Waals surface area (Å²) in [5.41, 5.74) is 4.54. The van der Waals surface area contributed by atoms with E-state index < -0.39 is 0 Å². The third kappa shape index (κ3) is 1.51. The van der Waals surface area contributed by atoms with Gasteiger partial charge in [0.2, 0.25) is 0 Å². The van der Waals surface area contributed by atoms with E-state index >= 15 is 0 Å². The second-order valence-electron chi connectivity index (χ2n) is 0.296. The minimum atomic E-state index is 0.931. The monoisotopic (exact) mass is 53.0 g/mol. The molecule has 0 bridgehead atoms. The number of nitrogens with two attached hydrogens (primary N) is 1. The van der Waals surface area contributed by atoms with Crippen LogP contribution in [0.1, 0.15) is 0 Å². The van der Waals surface area contributed by atoms with Crippen molar-refractivity contribution >= 4 is 7.41 Å². The maximum absolute atomic E-state index is 7.44. The molecule has 2 N–H and O–H groups in total. The Morgan fingerprint density at radius 2 is 2.25 bits per heavy atom. The summed E-state index contributed by atoms with van der Waals surface area (Å²) in [6.45, 7) is 0. The summed E-state index contributed by atoms with van der Waals surface area (Å²) in [7, 11) is 0.931. The molecule has 0 amide bonds. The highest BCUT2D eigenvalue weighted by atomic mass is 14.4. The summed E-state index contributed by atoms with van der Waals surface area (Å²) in [5, 5.41) is 7.44. The second kappa shape index (κ2) is 2.51. The molecule has 0 aromatic heterocycles. The molecule has 0 unspecified atom stereocenters. The van der Waals surface area contributed by atoms with E-state index in [-0.39, 0.29) is 0 Å². The molecule has 2 nitrogen and oxygen atoms in total. The summed E-state index contributed by atoms with van der Waals surface area (Å²) in [4.78, 5) is 0. The Morgan fingerprint density at radius 3 is 2.25 bits per heavy atom. The third-order valence-corrected chi connectivity index (χ3v) is 0.0745. The van der Waals surface area contributed by atoms with Crippen LogP contribution in [0.3, 0.4) is 0 Å². The number of hydrogen-bond acceptors (Lipinski definition) is 2. The Kier molecular flexibility index (Phi) is 2.21. The van der Waals surface area contributed by atoms with Crippen LogP contribution in [0.4, 0.5) is 0 Å². The van der Waals surface area contributed by atoms with Gasteiger partial charge in [-0.25, -0.2) is 5.26 Å². The molecule has 3 heteroatoms. The van der Waals surface area contributed by atoms with Gasteiger partial charge in [0.05, 0.1) is 0 Å². The summed E-state index contributed by atoms with van der Waals surface area (Å²) in [6.07, 6.45) is 0. The summed E-state index contributed by atoms with van der Waals surface area (Å²) in [5.74, 6) is 1.58. The zero-order chi connectivity index (χ0) is 3.41. The van der Waals surface area contributed by atoms with Crippen LogP contribution in [-0.4, -0.2) is 7.41 Å². The lowest BCUT2D eigenvalue weighted by Crippen LogP contribution is -1.98. The van der Waals surface area contributed by atoms with Crippen molar-refractivity contribution in [2.24, 2.45) is 5.64 Å². The van der Waals surface area contributed by atoms with Crippen LogP contribution in [-0.2, 0) is 0 Å². The number of nitrogens with zero attached hydrogens (tertiary/aromatic N) is 1. The van der Waals surface area contributed by atoms with E-state index in [0.29, 0.717) is 0 Å². The fourth-order valence-electron chi connectivity index (χ4n) is 0. The molecule has 0 saturated carbocycles. The standard InChI is InChI=1S/CH2BN2/c3-1-2-4/h4H2. The Morgan fingerprint density at radius 1 is 2.00 bits per heavy atom. The molecule has 0 saturated heterocycles. The van der Waals surface area contributed by atoms with Crippen molar-refractivity contribution in [3.8, 4) is 5.97 Å². The van der Waals surface area contributed by atoms with Gasteiger partial charge in [0.25, 0.3) is 0 Å². The second-order valence-corrected chi connectivity index (χ2v) is 0.296. The predicted molar refractivity (Wildman–Crippen MR) is 15.6 cm³/mol. The van der Waals surface area contributed by atoms with Crippen molar-refractivity contribution in [3.63, 3.8) is 0 Å². The van der Waals surface area contributed by atoms with Crippen LogP contribution < -0.4 is 5.64 Å². The molecule has 4 heavy (non-hydrogen) atoms. The van der Waals surface area contributed by atoms with Crippen molar-refractivity contribution in [2.75, 3.05) is 0 Å². The van der Waals surface area contributed by atoms with Crippen LogP contribution in [0.15, 0.2) is 0 Å². The lowest BCUT2D eigenvalue weighted by atomic mass is 10.0. The third-order valence-electron chi connectivity index (χ3n) is 0.0745. The van der Waals surface area contributed by atoms with E-state index in [2.05, 4.69) is 5.64 Å².